The lowest BCUT2D eigenvalue weighted by Gasteiger charge is -2.05. The first-order chi connectivity index (χ1) is 11.6. The highest BCUT2D eigenvalue weighted by atomic mass is 16.4. The number of nitrogens with one attached hydrogen (secondary N) is 1. The molecule has 0 spiro atoms. The summed E-state index contributed by atoms with van der Waals surface area (Å²) in [6.07, 6.45) is 5.44. The van der Waals surface area contributed by atoms with E-state index in [0.29, 0.717) is 31.5 Å². The highest BCUT2D eigenvalue weighted by molar-refractivity contribution is 5.76. The van der Waals surface area contributed by atoms with E-state index in [4.69, 9.17) is 4.42 Å². The maximum absolute atomic E-state index is 11.9. The van der Waals surface area contributed by atoms with Crippen molar-refractivity contribution in [3.8, 4) is 0 Å². The van der Waals surface area contributed by atoms with Gasteiger partial charge in [-0.05, 0) is 30.5 Å². The number of aryl methyl sites for hydroxylation is 2. The van der Waals surface area contributed by atoms with E-state index in [1.807, 2.05) is 31.4 Å². The van der Waals surface area contributed by atoms with Crippen LogP contribution in [0.1, 0.15) is 18.4 Å². The zero-order chi connectivity index (χ0) is 16.9. The SMILES string of the molecule is Cn1cc(CCNC(=O)CCCn2c(=O)oc3ccccc32)cn1. The predicted molar refractivity (Wildman–Crippen MR) is 89.6 cm³/mol. The highest BCUT2D eigenvalue weighted by Crippen LogP contribution is 2.12. The molecule has 0 bridgehead atoms. The Kier molecular flexibility index (Phi) is 4.79. The summed E-state index contributed by atoms with van der Waals surface area (Å²) in [7, 11) is 1.86. The van der Waals surface area contributed by atoms with Gasteiger partial charge in [-0.15, -0.1) is 0 Å². The van der Waals surface area contributed by atoms with Crippen molar-refractivity contribution in [2.75, 3.05) is 6.54 Å². The molecule has 24 heavy (non-hydrogen) atoms. The summed E-state index contributed by atoms with van der Waals surface area (Å²) in [6, 6.07) is 7.29. The number of benzene rings is 1. The molecule has 2 aromatic heterocycles. The third kappa shape index (κ3) is 3.73. The lowest BCUT2D eigenvalue weighted by Crippen LogP contribution is -2.26. The van der Waals surface area contributed by atoms with Crippen LogP contribution in [0.3, 0.4) is 0 Å². The first-order valence-corrected chi connectivity index (χ1v) is 7.96. The number of hydrogen-bond donors (Lipinski definition) is 1. The molecule has 126 valence electrons. The zero-order valence-corrected chi connectivity index (χ0v) is 13.6. The molecule has 0 radical (unpaired) electrons. The monoisotopic (exact) mass is 328 g/mol. The van der Waals surface area contributed by atoms with E-state index in [1.165, 1.54) is 0 Å². The summed E-state index contributed by atoms with van der Waals surface area (Å²) < 4.78 is 8.48. The van der Waals surface area contributed by atoms with Crippen LogP contribution in [0.5, 0.6) is 0 Å². The number of nitrogens with zero attached hydrogens (tertiary/aromatic N) is 3. The molecule has 0 saturated carbocycles. The maximum atomic E-state index is 11.9. The molecule has 0 unspecified atom stereocenters. The number of oxazole rings is 1. The summed E-state index contributed by atoms with van der Waals surface area (Å²) in [6.45, 7) is 1.05. The number of rotatable bonds is 7. The minimum absolute atomic E-state index is 0.0141. The molecule has 0 atom stereocenters. The molecule has 1 amide bonds. The van der Waals surface area contributed by atoms with Gasteiger partial charge in [0, 0.05) is 32.8 Å². The zero-order valence-electron chi connectivity index (χ0n) is 13.6. The Balaban J connectivity index is 1.44. The average Bonchev–Trinajstić information content (AvgIpc) is 3.11. The summed E-state index contributed by atoms with van der Waals surface area (Å²) in [5.74, 6) is -0.395. The molecule has 3 rings (SSSR count). The molecule has 1 N–H and O–H groups in total. The van der Waals surface area contributed by atoms with Gasteiger partial charge in [0.25, 0.3) is 0 Å². The average molecular weight is 328 g/mol. The standard InChI is InChI=1S/C17H20N4O3/c1-20-12-13(11-19-20)8-9-18-16(22)7-4-10-21-14-5-2-3-6-15(14)24-17(21)23/h2-3,5-6,11-12H,4,7-10H2,1H3,(H,18,22). The van der Waals surface area contributed by atoms with Crippen LogP contribution in [0.4, 0.5) is 0 Å². The minimum Gasteiger partial charge on any atom is -0.408 e. The maximum Gasteiger partial charge on any atom is 0.419 e. The van der Waals surface area contributed by atoms with Crippen molar-refractivity contribution in [3.05, 3.63) is 52.8 Å². The first-order valence-electron chi connectivity index (χ1n) is 7.96. The van der Waals surface area contributed by atoms with Crippen LogP contribution in [0, 0.1) is 0 Å². The molecular weight excluding hydrogens is 308 g/mol. The topological polar surface area (TPSA) is 82.1 Å². The lowest BCUT2D eigenvalue weighted by atomic mass is 10.2. The van der Waals surface area contributed by atoms with Crippen LogP contribution in [0.15, 0.2) is 45.9 Å². The molecule has 7 nitrogen and oxygen atoms in total. The third-order valence-electron chi connectivity index (χ3n) is 3.85. The van der Waals surface area contributed by atoms with Gasteiger partial charge >= 0.3 is 5.76 Å². The van der Waals surface area contributed by atoms with E-state index in [1.54, 1.807) is 21.5 Å². The Bertz CT molecular complexity index is 891. The van der Waals surface area contributed by atoms with Gasteiger partial charge in [0.1, 0.15) is 0 Å². The van der Waals surface area contributed by atoms with Crippen LogP contribution in [0.2, 0.25) is 0 Å². The fourth-order valence-corrected chi connectivity index (χ4v) is 2.66. The van der Waals surface area contributed by atoms with E-state index in [9.17, 15) is 9.59 Å². The second kappa shape index (κ2) is 7.16. The smallest absolute Gasteiger partial charge is 0.408 e. The quantitative estimate of drug-likeness (QED) is 0.712. The summed E-state index contributed by atoms with van der Waals surface area (Å²) in [5.41, 5.74) is 2.43. The van der Waals surface area contributed by atoms with Gasteiger partial charge in [0.15, 0.2) is 5.58 Å². The second-order valence-corrected chi connectivity index (χ2v) is 5.71. The minimum atomic E-state index is -0.381. The molecule has 2 heterocycles. The van der Waals surface area contributed by atoms with Gasteiger partial charge in [0.05, 0.1) is 11.7 Å². The Labute approximate surface area is 138 Å². The van der Waals surface area contributed by atoms with Crippen LogP contribution in [-0.2, 0) is 24.8 Å². The molecule has 0 fully saturated rings. The number of carbonyl (C=O) groups excluding carboxylic acids is 1. The fraction of sp³-hybridized carbons (Fsp3) is 0.353. The fourth-order valence-electron chi connectivity index (χ4n) is 2.66. The molecule has 0 saturated heterocycles. The van der Waals surface area contributed by atoms with E-state index < -0.39 is 0 Å². The third-order valence-corrected chi connectivity index (χ3v) is 3.85. The van der Waals surface area contributed by atoms with Crippen LogP contribution in [-0.4, -0.2) is 26.8 Å². The first kappa shape index (κ1) is 16.0. The summed E-state index contributed by atoms with van der Waals surface area (Å²) in [5, 5.41) is 6.97. The van der Waals surface area contributed by atoms with Crippen molar-refractivity contribution in [1.82, 2.24) is 19.7 Å². The molecule has 1 aromatic carbocycles. The second-order valence-electron chi connectivity index (χ2n) is 5.71. The van der Waals surface area contributed by atoms with E-state index in [2.05, 4.69) is 10.4 Å². The number of aromatic nitrogens is 3. The Morgan fingerprint density at radius 2 is 2.17 bits per heavy atom. The van der Waals surface area contributed by atoms with Gasteiger partial charge in [-0.25, -0.2) is 4.79 Å². The molecule has 7 heteroatoms. The van der Waals surface area contributed by atoms with Gasteiger partial charge in [-0.1, -0.05) is 12.1 Å². The van der Waals surface area contributed by atoms with E-state index >= 15 is 0 Å². The normalized spacial score (nSPS) is 11.0. The molecule has 0 aliphatic carbocycles. The lowest BCUT2D eigenvalue weighted by molar-refractivity contribution is -0.121. The van der Waals surface area contributed by atoms with E-state index in [-0.39, 0.29) is 11.7 Å². The summed E-state index contributed by atoms with van der Waals surface area (Å²) >= 11 is 0. The number of para-hydroxylation sites is 2. The van der Waals surface area contributed by atoms with Crippen molar-refractivity contribution >= 4 is 17.0 Å². The van der Waals surface area contributed by atoms with Gasteiger partial charge in [-0.2, -0.15) is 5.10 Å². The Hall–Kier alpha value is -2.83. The number of fused-ring (bicyclic) bond motifs is 1. The van der Waals surface area contributed by atoms with E-state index in [0.717, 1.165) is 17.5 Å². The van der Waals surface area contributed by atoms with Gasteiger partial charge < -0.3 is 9.73 Å². The van der Waals surface area contributed by atoms with Crippen LogP contribution >= 0.6 is 0 Å². The van der Waals surface area contributed by atoms with Crippen LogP contribution < -0.4 is 11.1 Å². The van der Waals surface area contributed by atoms with Gasteiger partial charge in [0.2, 0.25) is 5.91 Å². The predicted octanol–water partition coefficient (Wildman–Crippen LogP) is 1.47. The number of hydrogen-bond acceptors (Lipinski definition) is 4. The van der Waals surface area contributed by atoms with Crippen molar-refractivity contribution in [1.29, 1.82) is 0 Å². The molecule has 0 aliphatic rings. The molecule has 0 aliphatic heterocycles. The van der Waals surface area contributed by atoms with Crippen molar-refractivity contribution in [2.24, 2.45) is 7.05 Å². The Morgan fingerprint density at radius 1 is 1.33 bits per heavy atom. The van der Waals surface area contributed by atoms with Crippen molar-refractivity contribution < 1.29 is 9.21 Å². The van der Waals surface area contributed by atoms with Gasteiger partial charge in [-0.3, -0.25) is 14.0 Å². The number of amides is 1. The highest BCUT2D eigenvalue weighted by Gasteiger charge is 2.09. The van der Waals surface area contributed by atoms with Crippen molar-refractivity contribution in [3.63, 3.8) is 0 Å². The molecular formula is C17H20N4O3. The van der Waals surface area contributed by atoms with Crippen LogP contribution in [0.25, 0.3) is 11.1 Å². The molecule has 3 aromatic rings. The largest absolute Gasteiger partial charge is 0.419 e. The summed E-state index contributed by atoms with van der Waals surface area (Å²) in [4.78, 5) is 23.7. The number of carbonyl (C=O) groups is 1. The van der Waals surface area contributed by atoms with Crippen molar-refractivity contribution in [2.45, 2.75) is 25.8 Å². The Morgan fingerprint density at radius 3 is 2.96 bits per heavy atom.